The van der Waals surface area contributed by atoms with Crippen molar-refractivity contribution >= 4 is 36.4 Å². The number of hydrogen-bond acceptors (Lipinski definition) is 6. The van der Waals surface area contributed by atoms with E-state index >= 15 is 0 Å². The molecule has 0 aromatic carbocycles. The summed E-state index contributed by atoms with van der Waals surface area (Å²) in [5, 5.41) is 17.8. The number of urea groups is 1. The zero-order valence-corrected chi connectivity index (χ0v) is 22.8. The van der Waals surface area contributed by atoms with Crippen LogP contribution in [0.3, 0.4) is 0 Å². The SMILES string of the molecule is CNC(=O)[C@@H](NC(=O)[C@H](CC(C)C)NC(=O)[C@@H](S)CCN1C(=O)N(C)C(C)(C)C1O)C(C)(C)C. The van der Waals surface area contributed by atoms with Crippen molar-refractivity contribution in [1.82, 2.24) is 25.8 Å². The first-order valence-corrected chi connectivity index (χ1v) is 12.2. The Hall–Kier alpha value is -2.01. The quantitative estimate of drug-likeness (QED) is 0.285. The third kappa shape index (κ3) is 7.24. The lowest BCUT2D eigenvalue weighted by Crippen LogP contribution is -2.58. The number of thiol groups is 1. The number of nitrogens with one attached hydrogen (secondary N) is 3. The molecule has 0 bridgehead atoms. The van der Waals surface area contributed by atoms with Gasteiger partial charge < -0.3 is 26.0 Å². The molecule has 1 fully saturated rings. The summed E-state index contributed by atoms with van der Waals surface area (Å²) < 4.78 is 0. The van der Waals surface area contributed by atoms with Gasteiger partial charge >= 0.3 is 6.03 Å². The maximum absolute atomic E-state index is 13.1. The minimum Gasteiger partial charge on any atom is -0.371 e. The van der Waals surface area contributed by atoms with Gasteiger partial charge in [0.05, 0.1) is 10.8 Å². The van der Waals surface area contributed by atoms with E-state index in [1.807, 2.05) is 34.6 Å². The van der Waals surface area contributed by atoms with Crippen LogP contribution in [-0.2, 0) is 14.4 Å². The van der Waals surface area contributed by atoms with E-state index in [1.54, 1.807) is 20.9 Å². The van der Waals surface area contributed by atoms with Crippen molar-refractivity contribution in [1.29, 1.82) is 0 Å². The van der Waals surface area contributed by atoms with Crippen molar-refractivity contribution in [3.8, 4) is 0 Å². The summed E-state index contributed by atoms with van der Waals surface area (Å²) >= 11 is 4.38. The van der Waals surface area contributed by atoms with Crippen LogP contribution in [0.1, 0.15) is 61.3 Å². The fourth-order valence-electron chi connectivity index (χ4n) is 3.74. The zero-order chi connectivity index (χ0) is 26.6. The topological polar surface area (TPSA) is 131 Å². The maximum Gasteiger partial charge on any atom is 0.322 e. The Balaban J connectivity index is 2.85. The molecule has 1 heterocycles. The number of nitrogens with zero attached hydrogens (tertiary/aromatic N) is 2. The van der Waals surface area contributed by atoms with Crippen molar-refractivity contribution in [3.63, 3.8) is 0 Å². The van der Waals surface area contributed by atoms with E-state index in [-0.39, 0.29) is 30.8 Å². The van der Waals surface area contributed by atoms with Crippen molar-refractivity contribution in [2.45, 2.75) is 90.4 Å². The highest BCUT2D eigenvalue weighted by Crippen LogP contribution is 2.30. The molecular formula is C23H43N5O5S. The first kappa shape index (κ1) is 30.0. The van der Waals surface area contributed by atoms with Crippen molar-refractivity contribution in [2.24, 2.45) is 11.3 Å². The van der Waals surface area contributed by atoms with Gasteiger partial charge in [0, 0.05) is 20.6 Å². The molecule has 5 amide bonds. The number of carbonyl (C=O) groups excluding carboxylic acids is 4. The summed E-state index contributed by atoms with van der Waals surface area (Å²) in [4.78, 5) is 53.4. The second-order valence-electron chi connectivity index (χ2n) is 11.0. The van der Waals surface area contributed by atoms with Crippen LogP contribution in [0, 0.1) is 11.3 Å². The summed E-state index contributed by atoms with van der Waals surface area (Å²) in [6.45, 7) is 13.1. The van der Waals surface area contributed by atoms with Crippen molar-refractivity contribution in [2.75, 3.05) is 20.6 Å². The van der Waals surface area contributed by atoms with Gasteiger partial charge in [-0.05, 0) is 38.0 Å². The fourth-order valence-corrected chi connectivity index (χ4v) is 3.93. The second kappa shape index (κ2) is 11.6. The maximum atomic E-state index is 13.1. The van der Waals surface area contributed by atoms with Gasteiger partial charge in [0.2, 0.25) is 17.7 Å². The average molecular weight is 502 g/mol. The Morgan fingerprint density at radius 2 is 1.68 bits per heavy atom. The molecule has 0 radical (unpaired) electrons. The van der Waals surface area contributed by atoms with Crippen LogP contribution in [0.15, 0.2) is 0 Å². The number of amides is 5. The summed E-state index contributed by atoms with van der Waals surface area (Å²) in [5.74, 6) is -1.10. The molecule has 0 aromatic heterocycles. The van der Waals surface area contributed by atoms with Crippen molar-refractivity contribution in [3.05, 3.63) is 0 Å². The van der Waals surface area contributed by atoms with E-state index in [4.69, 9.17) is 0 Å². The van der Waals surface area contributed by atoms with Crippen LogP contribution in [0.25, 0.3) is 0 Å². The number of hydrogen-bond donors (Lipinski definition) is 5. The van der Waals surface area contributed by atoms with Gasteiger partial charge in [0.1, 0.15) is 12.1 Å². The smallest absolute Gasteiger partial charge is 0.322 e. The molecule has 0 aromatic rings. The molecule has 0 saturated carbocycles. The van der Waals surface area contributed by atoms with E-state index in [2.05, 4.69) is 28.6 Å². The molecule has 1 aliphatic rings. The molecule has 1 unspecified atom stereocenters. The highest BCUT2D eigenvalue weighted by atomic mass is 32.1. The minimum absolute atomic E-state index is 0.109. The standard InChI is InChI=1S/C23H43N5O5S/c1-13(2)12-14(17(29)26-16(19(31)24-8)22(3,4)5)25-18(30)15(34)10-11-28-20(32)23(6,7)27(9)21(28)33/h13-16,20,32,34H,10-12H2,1-9H3,(H,24,31)(H,25,30)(H,26,29)/t14-,15-,16+,20?/m0/s1. The van der Waals surface area contributed by atoms with Gasteiger partial charge in [-0.25, -0.2) is 4.79 Å². The Morgan fingerprint density at radius 3 is 2.09 bits per heavy atom. The predicted octanol–water partition coefficient (Wildman–Crippen LogP) is 0.947. The Labute approximate surface area is 209 Å². The van der Waals surface area contributed by atoms with Crippen LogP contribution < -0.4 is 16.0 Å². The van der Waals surface area contributed by atoms with E-state index in [9.17, 15) is 24.3 Å². The van der Waals surface area contributed by atoms with Gasteiger partial charge in [-0.2, -0.15) is 12.6 Å². The van der Waals surface area contributed by atoms with E-state index < -0.39 is 46.3 Å². The zero-order valence-electron chi connectivity index (χ0n) is 21.9. The molecule has 1 aliphatic heterocycles. The predicted molar refractivity (Wildman–Crippen MR) is 134 cm³/mol. The first-order chi connectivity index (χ1) is 15.4. The summed E-state index contributed by atoms with van der Waals surface area (Å²) in [6, 6.07) is -1.94. The molecule has 4 atom stereocenters. The molecular weight excluding hydrogens is 458 g/mol. The highest BCUT2D eigenvalue weighted by molar-refractivity contribution is 7.81. The van der Waals surface area contributed by atoms with Gasteiger partial charge in [0.25, 0.3) is 0 Å². The minimum atomic E-state index is -1.01. The molecule has 0 aliphatic carbocycles. The fraction of sp³-hybridized carbons (Fsp3) is 0.826. The Kier molecular flexibility index (Phi) is 10.3. The summed E-state index contributed by atoms with van der Waals surface area (Å²) in [5.41, 5.74) is -1.28. The van der Waals surface area contributed by atoms with Crippen LogP contribution in [0.4, 0.5) is 4.79 Å². The number of carbonyl (C=O) groups is 4. The molecule has 0 spiro atoms. The van der Waals surface area contributed by atoms with E-state index in [0.29, 0.717) is 6.42 Å². The van der Waals surface area contributed by atoms with E-state index in [1.165, 1.54) is 16.8 Å². The number of likely N-dealkylation sites (N-methyl/N-ethyl adjacent to an activating group) is 2. The molecule has 11 heteroatoms. The van der Waals surface area contributed by atoms with Crippen LogP contribution >= 0.6 is 12.6 Å². The molecule has 1 saturated heterocycles. The molecule has 1 rings (SSSR count). The highest BCUT2D eigenvalue weighted by Gasteiger charge is 2.48. The van der Waals surface area contributed by atoms with Crippen molar-refractivity contribution < 1.29 is 24.3 Å². The number of rotatable bonds is 10. The van der Waals surface area contributed by atoms with E-state index in [0.717, 1.165) is 0 Å². The first-order valence-electron chi connectivity index (χ1n) is 11.7. The Morgan fingerprint density at radius 1 is 1.12 bits per heavy atom. The van der Waals surface area contributed by atoms with Crippen LogP contribution in [0.2, 0.25) is 0 Å². The average Bonchev–Trinajstić information content (AvgIpc) is 2.87. The third-order valence-electron chi connectivity index (χ3n) is 6.27. The number of aliphatic hydroxyl groups is 1. The lowest BCUT2D eigenvalue weighted by atomic mass is 9.85. The molecule has 196 valence electrons. The van der Waals surface area contributed by atoms with Crippen LogP contribution in [0.5, 0.6) is 0 Å². The summed E-state index contributed by atoms with van der Waals surface area (Å²) in [7, 11) is 3.13. The number of aliphatic hydroxyl groups excluding tert-OH is 1. The van der Waals surface area contributed by atoms with Gasteiger partial charge in [-0.3, -0.25) is 19.3 Å². The molecule has 34 heavy (non-hydrogen) atoms. The van der Waals surface area contributed by atoms with Gasteiger partial charge in [-0.15, -0.1) is 0 Å². The van der Waals surface area contributed by atoms with Crippen LogP contribution in [-0.4, -0.2) is 88.4 Å². The normalized spacial score (nSPS) is 20.7. The second-order valence-corrected chi connectivity index (χ2v) is 11.6. The Bertz CT molecular complexity index is 767. The third-order valence-corrected chi connectivity index (χ3v) is 6.76. The summed E-state index contributed by atoms with van der Waals surface area (Å²) in [6.07, 6.45) is -0.432. The monoisotopic (exact) mass is 501 g/mol. The lowest BCUT2D eigenvalue weighted by molar-refractivity contribution is -0.134. The molecule has 10 nitrogen and oxygen atoms in total. The molecule has 4 N–H and O–H groups in total. The lowest BCUT2D eigenvalue weighted by Gasteiger charge is -2.32. The largest absolute Gasteiger partial charge is 0.371 e. The van der Waals surface area contributed by atoms with Gasteiger partial charge in [0.15, 0.2) is 6.23 Å². The van der Waals surface area contributed by atoms with Gasteiger partial charge in [-0.1, -0.05) is 34.6 Å².